The fourth-order valence-corrected chi connectivity index (χ4v) is 3.38. The highest BCUT2D eigenvalue weighted by molar-refractivity contribution is 7.89. The Bertz CT molecular complexity index is 743. The van der Waals surface area contributed by atoms with Crippen LogP contribution < -0.4 is 10.0 Å². The van der Waals surface area contributed by atoms with Crippen molar-refractivity contribution in [2.24, 2.45) is 0 Å². The molecule has 1 aliphatic rings. The van der Waals surface area contributed by atoms with Gasteiger partial charge in [0.25, 0.3) is 0 Å². The minimum absolute atomic E-state index is 0.101. The molecule has 0 aliphatic carbocycles. The zero-order valence-electron chi connectivity index (χ0n) is 12.8. The molecule has 0 radical (unpaired) electrons. The Labute approximate surface area is 135 Å². The van der Waals surface area contributed by atoms with E-state index in [2.05, 4.69) is 16.6 Å². The molecule has 1 aliphatic heterocycles. The van der Waals surface area contributed by atoms with Crippen LogP contribution >= 0.6 is 0 Å². The molecule has 2 N–H and O–H groups in total. The van der Waals surface area contributed by atoms with Gasteiger partial charge in [-0.1, -0.05) is 6.08 Å². The number of sulfonamides is 1. The van der Waals surface area contributed by atoms with Crippen molar-refractivity contribution in [2.75, 3.05) is 25.0 Å². The van der Waals surface area contributed by atoms with Crippen molar-refractivity contribution in [3.8, 4) is 0 Å². The summed E-state index contributed by atoms with van der Waals surface area (Å²) in [6.45, 7) is 5.70. The lowest BCUT2D eigenvalue weighted by Gasteiger charge is -2.19. The molecule has 0 atom stereocenters. The van der Waals surface area contributed by atoms with Crippen LogP contribution in [0.4, 0.5) is 5.69 Å². The lowest BCUT2D eigenvalue weighted by atomic mass is 10.2. The molecule has 1 heterocycles. The molecule has 2 amide bonds. The van der Waals surface area contributed by atoms with Crippen molar-refractivity contribution in [3.63, 3.8) is 0 Å². The van der Waals surface area contributed by atoms with E-state index in [1.807, 2.05) is 0 Å². The summed E-state index contributed by atoms with van der Waals surface area (Å²) in [7, 11) is -3.69. The summed E-state index contributed by atoms with van der Waals surface area (Å²) in [6, 6.07) is 4.51. The minimum atomic E-state index is -3.69. The third-order valence-electron chi connectivity index (χ3n) is 3.48. The summed E-state index contributed by atoms with van der Waals surface area (Å²) in [5, 5.41) is 2.65. The topological polar surface area (TPSA) is 95.6 Å². The number of fused-ring (bicyclic) bond motifs is 1. The molecule has 1 aromatic rings. The van der Waals surface area contributed by atoms with E-state index >= 15 is 0 Å². The van der Waals surface area contributed by atoms with E-state index in [-0.39, 0.29) is 36.2 Å². The number of carbonyl (C=O) groups is 2. The molecule has 7 nitrogen and oxygen atoms in total. The second kappa shape index (κ2) is 6.93. The van der Waals surface area contributed by atoms with E-state index in [1.54, 1.807) is 12.1 Å². The van der Waals surface area contributed by atoms with Crippen molar-refractivity contribution in [1.29, 1.82) is 0 Å². The smallest absolute Gasteiger partial charge is 0.240 e. The number of carbonyl (C=O) groups excluding carboxylic acids is 2. The van der Waals surface area contributed by atoms with E-state index in [9.17, 15) is 18.0 Å². The maximum atomic E-state index is 12.3. The van der Waals surface area contributed by atoms with Crippen molar-refractivity contribution in [3.05, 3.63) is 36.4 Å². The van der Waals surface area contributed by atoms with Gasteiger partial charge in [0.05, 0.1) is 11.3 Å². The quantitative estimate of drug-likeness (QED) is 0.708. The molecule has 1 aromatic carbocycles. The van der Waals surface area contributed by atoms with Gasteiger partial charge in [-0.05, 0) is 23.8 Å². The van der Waals surface area contributed by atoms with Crippen molar-refractivity contribution in [2.45, 2.75) is 18.2 Å². The summed E-state index contributed by atoms with van der Waals surface area (Å²) in [4.78, 5) is 24.3. The van der Waals surface area contributed by atoms with E-state index < -0.39 is 10.0 Å². The van der Waals surface area contributed by atoms with Gasteiger partial charge in [0.1, 0.15) is 0 Å². The molecule has 0 aromatic heterocycles. The zero-order chi connectivity index (χ0) is 17.0. The van der Waals surface area contributed by atoms with Crippen LogP contribution in [0.15, 0.2) is 35.7 Å². The van der Waals surface area contributed by atoms with Crippen molar-refractivity contribution in [1.82, 2.24) is 9.62 Å². The number of benzene rings is 1. The van der Waals surface area contributed by atoms with E-state index in [0.29, 0.717) is 17.8 Å². The van der Waals surface area contributed by atoms with Crippen LogP contribution in [0.2, 0.25) is 0 Å². The third kappa shape index (κ3) is 4.17. The fraction of sp³-hybridized carbons (Fsp3) is 0.333. The lowest BCUT2D eigenvalue weighted by molar-refractivity contribution is -0.128. The molecule has 0 saturated heterocycles. The van der Waals surface area contributed by atoms with Gasteiger partial charge in [0.2, 0.25) is 21.8 Å². The molecule has 0 fully saturated rings. The Morgan fingerprint density at radius 3 is 2.87 bits per heavy atom. The van der Waals surface area contributed by atoms with Gasteiger partial charge in [0.15, 0.2) is 0 Å². The first-order valence-electron chi connectivity index (χ1n) is 7.12. The van der Waals surface area contributed by atoms with Crippen LogP contribution in [0.3, 0.4) is 0 Å². The number of hydrogen-bond acceptors (Lipinski definition) is 4. The SMILES string of the molecule is C=CCN(CCNS(=O)(=O)c1ccc2c(c1)CC(=O)N2)C(C)=O. The van der Waals surface area contributed by atoms with Crippen molar-refractivity contribution >= 4 is 27.5 Å². The highest BCUT2D eigenvalue weighted by Gasteiger charge is 2.21. The highest BCUT2D eigenvalue weighted by Crippen LogP contribution is 2.25. The summed E-state index contributed by atoms with van der Waals surface area (Å²) >= 11 is 0. The maximum Gasteiger partial charge on any atom is 0.240 e. The highest BCUT2D eigenvalue weighted by atomic mass is 32.2. The molecule has 2 rings (SSSR count). The van der Waals surface area contributed by atoms with Crippen LogP contribution in [0.5, 0.6) is 0 Å². The van der Waals surface area contributed by atoms with E-state index in [1.165, 1.54) is 24.0 Å². The van der Waals surface area contributed by atoms with Gasteiger partial charge in [-0.25, -0.2) is 13.1 Å². The number of amides is 2. The van der Waals surface area contributed by atoms with Gasteiger partial charge in [0, 0.05) is 32.2 Å². The maximum absolute atomic E-state index is 12.3. The van der Waals surface area contributed by atoms with Crippen LogP contribution in [0, 0.1) is 0 Å². The first kappa shape index (κ1) is 17.2. The number of nitrogens with zero attached hydrogens (tertiary/aromatic N) is 1. The van der Waals surface area contributed by atoms with Gasteiger partial charge in [-0.15, -0.1) is 6.58 Å². The number of anilines is 1. The monoisotopic (exact) mass is 337 g/mol. The van der Waals surface area contributed by atoms with Crippen LogP contribution in [0.25, 0.3) is 0 Å². The molecule has 0 spiro atoms. The zero-order valence-corrected chi connectivity index (χ0v) is 13.6. The minimum Gasteiger partial charge on any atom is -0.338 e. The van der Waals surface area contributed by atoms with E-state index in [0.717, 1.165) is 0 Å². The van der Waals surface area contributed by atoms with Gasteiger partial charge in [-0.2, -0.15) is 0 Å². The Balaban J connectivity index is 2.02. The summed E-state index contributed by atoms with van der Waals surface area (Å²) in [5.41, 5.74) is 1.30. The first-order valence-corrected chi connectivity index (χ1v) is 8.60. The molecule has 23 heavy (non-hydrogen) atoms. The predicted octanol–water partition coefficient (Wildman–Crippen LogP) is 0.494. The first-order chi connectivity index (χ1) is 10.8. The molecule has 0 bridgehead atoms. The second-order valence-electron chi connectivity index (χ2n) is 5.20. The number of rotatable bonds is 7. The van der Waals surface area contributed by atoms with Gasteiger partial charge < -0.3 is 10.2 Å². The summed E-state index contributed by atoms with van der Waals surface area (Å²) in [5.74, 6) is -0.296. The Morgan fingerprint density at radius 1 is 1.48 bits per heavy atom. The third-order valence-corrected chi connectivity index (χ3v) is 4.94. The largest absolute Gasteiger partial charge is 0.338 e. The fourth-order valence-electron chi connectivity index (χ4n) is 2.30. The summed E-state index contributed by atoms with van der Waals surface area (Å²) < 4.78 is 27.0. The molecule has 124 valence electrons. The number of nitrogens with one attached hydrogen (secondary N) is 2. The normalized spacial score (nSPS) is 13.3. The molecule has 0 saturated carbocycles. The van der Waals surface area contributed by atoms with E-state index in [4.69, 9.17) is 0 Å². The Morgan fingerprint density at radius 2 is 2.22 bits per heavy atom. The van der Waals surface area contributed by atoms with Crippen LogP contribution in [0.1, 0.15) is 12.5 Å². The Kier molecular flexibility index (Phi) is 5.17. The van der Waals surface area contributed by atoms with Gasteiger partial charge >= 0.3 is 0 Å². The molecular formula is C15H19N3O4S. The molecule has 0 unspecified atom stereocenters. The molecular weight excluding hydrogens is 318 g/mol. The number of hydrogen-bond donors (Lipinski definition) is 2. The summed E-state index contributed by atoms with van der Waals surface area (Å²) in [6.07, 6.45) is 1.76. The second-order valence-corrected chi connectivity index (χ2v) is 6.96. The van der Waals surface area contributed by atoms with Gasteiger partial charge in [-0.3, -0.25) is 9.59 Å². The Hall–Kier alpha value is -2.19. The predicted molar refractivity (Wildman–Crippen MR) is 86.4 cm³/mol. The average molecular weight is 337 g/mol. The molecule has 8 heteroatoms. The van der Waals surface area contributed by atoms with Crippen LogP contribution in [-0.4, -0.2) is 44.8 Å². The standard InChI is InChI=1S/C15H19N3O4S/c1-3-7-18(11(2)19)8-6-16-23(21,22)13-4-5-14-12(9-13)10-15(20)17-14/h3-5,9,16H,1,6-8,10H2,2H3,(H,17,20). The average Bonchev–Trinajstić information content (AvgIpc) is 2.85. The van der Waals surface area contributed by atoms with Crippen molar-refractivity contribution < 1.29 is 18.0 Å². The lowest BCUT2D eigenvalue weighted by Crippen LogP contribution is -2.37. The van der Waals surface area contributed by atoms with Crippen LogP contribution in [-0.2, 0) is 26.0 Å².